The molecule has 1 aromatic rings. The Kier molecular flexibility index (Phi) is 6.71. The van der Waals surface area contributed by atoms with Crippen molar-refractivity contribution in [2.45, 2.75) is 70.9 Å². The Morgan fingerprint density at radius 2 is 1.86 bits per heavy atom. The molecule has 1 aliphatic carbocycles. The van der Waals surface area contributed by atoms with Gasteiger partial charge in [-0.2, -0.15) is 0 Å². The van der Waals surface area contributed by atoms with Crippen molar-refractivity contribution in [1.29, 1.82) is 0 Å². The molecule has 22 heavy (non-hydrogen) atoms. The van der Waals surface area contributed by atoms with E-state index in [0.717, 1.165) is 11.3 Å². The maximum atomic E-state index is 12.4. The van der Waals surface area contributed by atoms with Crippen LogP contribution in [0.1, 0.15) is 57.4 Å². The molecule has 3 N–H and O–H groups in total. The predicted octanol–water partition coefficient (Wildman–Crippen LogP) is 3.65. The number of hydrogen-bond donors (Lipinski definition) is 2. The fourth-order valence-electron chi connectivity index (χ4n) is 3.17. The normalized spacial score (nSPS) is 18.3. The van der Waals surface area contributed by atoms with Crippen LogP contribution in [0.2, 0.25) is 5.02 Å². The van der Waals surface area contributed by atoms with E-state index in [0.29, 0.717) is 11.1 Å². The van der Waals surface area contributed by atoms with Gasteiger partial charge in [-0.05, 0) is 57.2 Å². The summed E-state index contributed by atoms with van der Waals surface area (Å²) in [5, 5.41) is 5.95. The van der Waals surface area contributed by atoms with Crippen LogP contribution in [0.25, 0.3) is 0 Å². The number of halogens is 1. The summed E-state index contributed by atoms with van der Waals surface area (Å²) >= 11 is 6.11. The quantitative estimate of drug-likeness (QED) is 0.872. The maximum absolute atomic E-state index is 12.4. The number of anilines is 1. The van der Waals surface area contributed by atoms with E-state index in [9.17, 15) is 4.79 Å². The predicted molar refractivity (Wildman–Crippen MR) is 92.3 cm³/mol. The van der Waals surface area contributed by atoms with Gasteiger partial charge in [0.15, 0.2) is 6.04 Å². The van der Waals surface area contributed by atoms with Gasteiger partial charge in [0.1, 0.15) is 0 Å². The zero-order chi connectivity index (χ0) is 15.9. The van der Waals surface area contributed by atoms with Gasteiger partial charge in [-0.25, -0.2) is 0 Å². The van der Waals surface area contributed by atoms with E-state index in [-0.39, 0.29) is 11.9 Å². The van der Waals surface area contributed by atoms with Crippen molar-refractivity contribution < 1.29 is 10.1 Å². The van der Waals surface area contributed by atoms with Gasteiger partial charge in [-0.3, -0.25) is 4.79 Å². The molecule has 4 heteroatoms. The van der Waals surface area contributed by atoms with Crippen LogP contribution in [-0.2, 0) is 4.79 Å². The van der Waals surface area contributed by atoms with E-state index in [1.165, 1.54) is 44.9 Å². The van der Waals surface area contributed by atoms with Gasteiger partial charge in [0.05, 0.1) is 6.04 Å². The SMILES string of the molecule is Cc1c(Cl)cccc1NC(=O)[C@@H](C)[NH2+]C1CCCCCCC1. The molecule has 3 nitrogen and oxygen atoms in total. The van der Waals surface area contributed by atoms with Crippen LogP contribution >= 0.6 is 11.6 Å². The minimum Gasteiger partial charge on any atom is -0.334 e. The topological polar surface area (TPSA) is 45.7 Å². The Hall–Kier alpha value is -1.06. The lowest BCUT2D eigenvalue weighted by molar-refractivity contribution is -0.707. The molecule has 0 saturated heterocycles. The average molecular weight is 324 g/mol. The summed E-state index contributed by atoms with van der Waals surface area (Å²) in [5.41, 5.74) is 1.74. The number of amides is 1. The molecule has 0 heterocycles. The summed E-state index contributed by atoms with van der Waals surface area (Å²) in [4.78, 5) is 12.4. The first-order valence-electron chi connectivity index (χ1n) is 8.49. The van der Waals surface area contributed by atoms with E-state index >= 15 is 0 Å². The molecule has 0 bridgehead atoms. The summed E-state index contributed by atoms with van der Waals surface area (Å²) in [6.45, 7) is 3.93. The van der Waals surface area contributed by atoms with Gasteiger partial charge in [-0.1, -0.05) is 36.9 Å². The van der Waals surface area contributed by atoms with E-state index in [1.807, 2.05) is 32.0 Å². The zero-order valence-electron chi connectivity index (χ0n) is 13.7. The second-order valence-corrected chi connectivity index (χ2v) is 6.90. The van der Waals surface area contributed by atoms with Crippen LogP contribution in [0.15, 0.2) is 18.2 Å². The molecule has 0 aromatic heterocycles. The first kappa shape index (κ1) is 17.3. The minimum atomic E-state index is -0.0668. The van der Waals surface area contributed by atoms with E-state index < -0.39 is 0 Å². The first-order chi connectivity index (χ1) is 10.6. The number of rotatable bonds is 4. The molecule has 1 fully saturated rings. The summed E-state index contributed by atoms with van der Waals surface area (Å²) in [7, 11) is 0. The molecule has 1 amide bonds. The van der Waals surface area contributed by atoms with Crippen molar-refractivity contribution >= 4 is 23.2 Å². The Morgan fingerprint density at radius 1 is 1.23 bits per heavy atom. The second kappa shape index (κ2) is 8.54. The summed E-state index contributed by atoms with van der Waals surface area (Å²) < 4.78 is 0. The molecule has 0 radical (unpaired) electrons. The van der Waals surface area contributed by atoms with Gasteiger partial charge >= 0.3 is 0 Å². The molecule has 1 saturated carbocycles. The summed E-state index contributed by atoms with van der Waals surface area (Å²) in [5.74, 6) is 0.0624. The Balaban J connectivity index is 1.89. The van der Waals surface area contributed by atoms with E-state index in [1.54, 1.807) is 0 Å². The molecule has 122 valence electrons. The van der Waals surface area contributed by atoms with Crippen LogP contribution in [0.3, 0.4) is 0 Å². The number of hydrogen-bond acceptors (Lipinski definition) is 1. The maximum Gasteiger partial charge on any atom is 0.282 e. The Bertz CT molecular complexity index is 496. The molecule has 0 spiro atoms. The third-order valence-electron chi connectivity index (χ3n) is 4.65. The standard InChI is InChI=1S/C18H27ClN2O/c1-13-16(19)11-8-12-17(13)21-18(22)14(2)20-15-9-6-4-3-5-7-10-15/h8,11-12,14-15,20H,3-7,9-10H2,1-2H3,(H,21,22)/p+1/t14-/m1/s1. The van der Waals surface area contributed by atoms with Crippen LogP contribution in [0, 0.1) is 6.92 Å². The van der Waals surface area contributed by atoms with Gasteiger partial charge in [0, 0.05) is 10.7 Å². The molecular weight excluding hydrogens is 296 g/mol. The van der Waals surface area contributed by atoms with Crippen molar-refractivity contribution in [3.63, 3.8) is 0 Å². The highest BCUT2D eigenvalue weighted by Gasteiger charge is 2.22. The van der Waals surface area contributed by atoms with Gasteiger partial charge in [-0.15, -0.1) is 0 Å². The molecule has 1 atom stereocenters. The number of benzene rings is 1. The fraction of sp³-hybridized carbons (Fsp3) is 0.611. The molecule has 1 aliphatic rings. The number of nitrogens with one attached hydrogen (secondary N) is 1. The average Bonchev–Trinajstić information content (AvgIpc) is 2.46. The van der Waals surface area contributed by atoms with Gasteiger partial charge in [0.2, 0.25) is 0 Å². The highest BCUT2D eigenvalue weighted by atomic mass is 35.5. The summed E-state index contributed by atoms with van der Waals surface area (Å²) in [6.07, 6.45) is 9.10. The lowest BCUT2D eigenvalue weighted by atomic mass is 9.96. The number of carbonyl (C=O) groups excluding carboxylic acids is 1. The number of nitrogens with two attached hydrogens (primary N) is 1. The van der Waals surface area contributed by atoms with Crippen LogP contribution in [-0.4, -0.2) is 18.0 Å². The molecule has 2 rings (SSSR count). The van der Waals surface area contributed by atoms with E-state index in [2.05, 4.69) is 10.6 Å². The molecule has 1 aromatic carbocycles. The van der Waals surface area contributed by atoms with Crippen LogP contribution < -0.4 is 10.6 Å². The van der Waals surface area contributed by atoms with Crippen molar-refractivity contribution in [2.24, 2.45) is 0 Å². The molecular formula is C18H28ClN2O+. The molecule has 0 unspecified atom stereocenters. The van der Waals surface area contributed by atoms with Crippen molar-refractivity contribution in [1.82, 2.24) is 0 Å². The number of quaternary nitrogens is 1. The first-order valence-corrected chi connectivity index (χ1v) is 8.86. The zero-order valence-corrected chi connectivity index (χ0v) is 14.5. The number of carbonyl (C=O) groups is 1. The Labute approximate surface area is 138 Å². The van der Waals surface area contributed by atoms with Crippen molar-refractivity contribution in [3.8, 4) is 0 Å². The van der Waals surface area contributed by atoms with E-state index in [4.69, 9.17) is 11.6 Å². The van der Waals surface area contributed by atoms with Gasteiger partial charge in [0.25, 0.3) is 5.91 Å². The fourth-order valence-corrected chi connectivity index (χ4v) is 3.34. The van der Waals surface area contributed by atoms with Crippen molar-refractivity contribution in [2.75, 3.05) is 5.32 Å². The lowest BCUT2D eigenvalue weighted by Crippen LogP contribution is -2.96. The highest BCUT2D eigenvalue weighted by molar-refractivity contribution is 6.31. The smallest absolute Gasteiger partial charge is 0.282 e. The molecule has 0 aliphatic heterocycles. The van der Waals surface area contributed by atoms with Gasteiger partial charge < -0.3 is 10.6 Å². The lowest BCUT2D eigenvalue weighted by Gasteiger charge is -2.22. The largest absolute Gasteiger partial charge is 0.334 e. The minimum absolute atomic E-state index is 0.0624. The monoisotopic (exact) mass is 323 g/mol. The third-order valence-corrected chi connectivity index (χ3v) is 5.06. The van der Waals surface area contributed by atoms with Crippen molar-refractivity contribution in [3.05, 3.63) is 28.8 Å². The van der Waals surface area contributed by atoms with Crippen LogP contribution in [0.5, 0.6) is 0 Å². The Morgan fingerprint density at radius 3 is 2.55 bits per heavy atom. The summed E-state index contributed by atoms with van der Waals surface area (Å²) in [6, 6.07) is 6.14. The second-order valence-electron chi connectivity index (χ2n) is 6.49. The van der Waals surface area contributed by atoms with Crippen LogP contribution in [0.4, 0.5) is 5.69 Å². The third kappa shape index (κ3) is 4.99. The highest BCUT2D eigenvalue weighted by Crippen LogP contribution is 2.23.